The minimum Gasteiger partial charge on any atom is -0.378 e. The van der Waals surface area contributed by atoms with Crippen LogP contribution in [0, 0.1) is 0 Å². The van der Waals surface area contributed by atoms with Gasteiger partial charge in [0.25, 0.3) is 0 Å². The van der Waals surface area contributed by atoms with Crippen molar-refractivity contribution in [1.29, 1.82) is 0 Å². The van der Waals surface area contributed by atoms with Gasteiger partial charge in [0.05, 0.1) is 11.3 Å². The molecule has 1 aliphatic carbocycles. The Morgan fingerprint density at radius 2 is 2.46 bits per heavy atom. The maximum atomic E-state index is 5.56. The second-order valence-corrected chi connectivity index (χ2v) is 4.48. The fraction of sp³-hybridized carbons (Fsp3) is 0.667. The van der Waals surface area contributed by atoms with E-state index in [0.29, 0.717) is 5.13 Å². The van der Waals surface area contributed by atoms with Crippen LogP contribution in [0.2, 0.25) is 0 Å². The Morgan fingerprint density at radius 1 is 1.69 bits per heavy atom. The average molecular weight is 198 g/mol. The fourth-order valence-corrected chi connectivity index (χ4v) is 2.32. The third-order valence-electron chi connectivity index (χ3n) is 2.77. The lowest BCUT2D eigenvalue weighted by atomic mass is 9.77. The number of nitrogen functional groups attached to an aromatic ring is 1. The Labute approximate surface area is 81.9 Å². The van der Waals surface area contributed by atoms with Crippen molar-refractivity contribution in [1.82, 2.24) is 4.98 Å². The Kier molecular flexibility index (Phi) is 2.26. The summed E-state index contributed by atoms with van der Waals surface area (Å²) in [5, 5.41) is 2.68. The molecular weight excluding hydrogens is 184 g/mol. The lowest BCUT2D eigenvalue weighted by molar-refractivity contribution is -0.0713. The maximum Gasteiger partial charge on any atom is 0.180 e. The maximum absolute atomic E-state index is 5.56. The van der Waals surface area contributed by atoms with Crippen LogP contribution in [0.15, 0.2) is 5.38 Å². The number of ether oxygens (including phenoxy) is 1. The van der Waals surface area contributed by atoms with E-state index in [1.165, 1.54) is 17.8 Å². The van der Waals surface area contributed by atoms with Crippen LogP contribution in [0.5, 0.6) is 0 Å². The van der Waals surface area contributed by atoms with E-state index in [0.717, 1.165) is 25.0 Å². The van der Waals surface area contributed by atoms with Crippen molar-refractivity contribution < 1.29 is 4.74 Å². The van der Waals surface area contributed by atoms with Crippen molar-refractivity contribution in [3.05, 3.63) is 11.1 Å². The Bertz CT molecular complexity index is 288. The van der Waals surface area contributed by atoms with Gasteiger partial charge in [0.1, 0.15) is 0 Å². The molecule has 3 nitrogen and oxygen atoms in total. The predicted octanol–water partition coefficient (Wildman–Crippen LogP) is 1.84. The summed E-state index contributed by atoms with van der Waals surface area (Å²) in [7, 11) is 1.79. The van der Waals surface area contributed by atoms with Gasteiger partial charge in [0.2, 0.25) is 0 Å². The molecule has 0 saturated heterocycles. The third kappa shape index (κ3) is 1.69. The van der Waals surface area contributed by atoms with Crippen molar-refractivity contribution in [2.45, 2.75) is 31.3 Å². The van der Waals surface area contributed by atoms with Crippen LogP contribution < -0.4 is 5.73 Å². The van der Waals surface area contributed by atoms with E-state index in [1.54, 1.807) is 7.11 Å². The molecule has 1 aliphatic rings. The van der Waals surface area contributed by atoms with E-state index in [-0.39, 0.29) is 5.60 Å². The van der Waals surface area contributed by atoms with Crippen LogP contribution in [0.3, 0.4) is 0 Å². The summed E-state index contributed by atoms with van der Waals surface area (Å²) < 4.78 is 5.51. The second kappa shape index (κ2) is 3.27. The van der Waals surface area contributed by atoms with Gasteiger partial charge >= 0.3 is 0 Å². The molecule has 72 valence electrons. The van der Waals surface area contributed by atoms with Crippen LogP contribution in [0.4, 0.5) is 5.13 Å². The van der Waals surface area contributed by atoms with Gasteiger partial charge in [-0.25, -0.2) is 4.98 Å². The minimum atomic E-state index is 0.0700. The molecule has 1 fully saturated rings. The smallest absolute Gasteiger partial charge is 0.180 e. The normalized spacial score (nSPS) is 19.8. The molecular formula is C9H14N2OS. The Hall–Kier alpha value is -0.610. The highest BCUT2D eigenvalue weighted by Gasteiger charge is 2.37. The molecule has 1 aromatic heterocycles. The average Bonchev–Trinajstić information content (AvgIpc) is 2.44. The number of hydrogen-bond donors (Lipinski definition) is 1. The molecule has 1 aromatic rings. The van der Waals surface area contributed by atoms with Gasteiger partial charge in [-0.3, -0.25) is 0 Å². The van der Waals surface area contributed by atoms with Gasteiger partial charge < -0.3 is 10.5 Å². The number of anilines is 1. The number of thiazole rings is 1. The predicted molar refractivity (Wildman–Crippen MR) is 53.8 cm³/mol. The summed E-state index contributed by atoms with van der Waals surface area (Å²) in [5.41, 5.74) is 6.71. The number of aromatic nitrogens is 1. The summed E-state index contributed by atoms with van der Waals surface area (Å²) in [4.78, 5) is 4.24. The van der Waals surface area contributed by atoms with Gasteiger partial charge in [-0.2, -0.15) is 0 Å². The van der Waals surface area contributed by atoms with Crippen LogP contribution >= 0.6 is 11.3 Å². The molecule has 0 bridgehead atoms. The highest BCUT2D eigenvalue weighted by molar-refractivity contribution is 7.13. The molecule has 1 heterocycles. The summed E-state index contributed by atoms with van der Waals surface area (Å²) >= 11 is 1.50. The minimum absolute atomic E-state index is 0.0700. The van der Waals surface area contributed by atoms with E-state index in [4.69, 9.17) is 10.5 Å². The van der Waals surface area contributed by atoms with E-state index < -0.39 is 0 Å². The SMILES string of the molecule is COC1(Cc2csc(N)n2)CCC1. The largest absolute Gasteiger partial charge is 0.378 e. The lowest BCUT2D eigenvalue weighted by Gasteiger charge is -2.40. The van der Waals surface area contributed by atoms with Crippen molar-refractivity contribution in [3.63, 3.8) is 0 Å². The van der Waals surface area contributed by atoms with E-state index >= 15 is 0 Å². The lowest BCUT2D eigenvalue weighted by Crippen LogP contribution is -2.41. The molecule has 0 radical (unpaired) electrons. The van der Waals surface area contributed by atoms with Crippen LogP contribution in [-0.4, -0.2) is 17.7 Å². The van der Waals surface area contributed by atoms with Crippen molar-refractivity contribution in [2.75, 3.05) is 12.8 Å². The fourth-order valence-electron chi connectivity index (χ4n) is 1.76. The van der Waals surface area contributed by atoms with E-state index in [2.05, 4.69) is 4.98 Å². The van der Waals surface area contributed by atoms with Gasteiger partial charge in [0.15, 0.2) is 5.13 Å². The first kappa shape index (κ1) is 8.97. The van der Waals surface area contributed by atoms with Gasteiger partial charge in [0, 0.05) is 18.9 Å². The molecule has 0 spiro atoms. The van der Waals surface area contributed by atoms with Crippen molar-refractivity contribution in [3.8, 4) is 0 Å². The highest BCUT2D eigenvalue weighted by atomic mass is 32.1. The van der Waals surface area contributed by atoms with E-state index in [1.807, 2.05) is 5.38 Å². The molecule has 0 atom stereocenters. The quantitative estimate of drug-likeness (QED) is 0.806. The molecule has 0 aromatic carbocycles. The first-order valence-electron chi connectivity index (χ1n) is 4.49. The van der Waals surface area contributed by atoms with Gasteiger partial charge in [-0.05, 0) is 19.3 Å². The van der Waals surface area contributed by atoms with Crippen LogP contribution in [0.25, 0.3) is 0 Å². The Morgan fingerprint density at radius 3 is 2.85 bits per heavy atom. The standard InChI is InChI=1S/C9H14N2OS/c1-12-9(3-2-4-9)5-7-6-13-8(10)11-7/h6H,2-5H2,1H3,(H2,10,11). The summed E-state index contributed by atoms with van der Waals surface area (Å²) in [6, 6.07) is 0. The van der Waals surface area contributed by atoms with Crippen molar-refractivity contribution in [2.24, 2.45) is 0 Å². The van der Waals surface area contributed by atoms with Gasteiger partial charge in [-0.15, -0.1) is 11.3 Å². The molecule has 0 unspecified atom stereocenters. The molecule has 13 heavy (non-hydrogen) atoms. The summed E-state index contributed by atoms with van der Waals surface area (Å²) in [6.45, 7) is 0. The molecule has 0 aliphatic heterocycles. The molecule has 1 saturated carbocycles. The number of hydrogen-bond acceptors (Lipinski definition) is 4. The number of nitrogens with two attached hydrogens (primary N) is 1. The highest BCUT2D eigenvalue weighted by Crippen LogP contribution is 2.38. The monoisotopic (exact) mass is 198 g/mol. The van der Waals surface area contributed by atoms with Crippen LogP contribution in [0.1, 0.15) is 25.0 Å². The van der Waals surface area contributed by atoms with E-state index in [9.17, 15) is 0 Å². The number of nitrogens with zero attached hydrogens (tertiary/aromatic N) is 1. The zero-order valence-electron chi connectivity index (χ0n) is 7.75. The summed E-state index contributed by atoms with van der Waals surface area (Å²) in [6.07, 6.45) is 4.49. The summed E-state index contributed by atoms with van der Waals surface area (Å²) in [5.74, 6) is 0. The first-order valence-corrected chi connectivity index (χ1v) is 5.37. The molecule has 2 N–H and O–H groups in total. The third-order valence-corrected chi connectivity index (χ3v) is 3.49. The van der Waals surface area contributed by atoms with Crippen molar-refractivity contribution >= 4 is 16.5 Å². The molecule has 0 amide bonds. The zero-order valence-corrected chi connectivity index (χ0v) is 8.56. The second-order valence-electron chi connectivity index (χ2n) is 3.59. The Balaban J connectivity index is 2.04. The number of methoxy groups -OCH3 is 1. The zero-order chi connectivity index (χ0) is 9.31. The number of rotatable bonds is 3. The first-order chi connectivity index (χ1) is 6.24. The topological polar surface area (TPSA) is 48.1 Å². The molecule has 2 rings (SSSR count). The van der Waals surface area contributed by atoms with Crippen LogP contribution in [-0.2, 0) is 11.2 Å². The van der Waals surface area contributed by atoms with Gasteiger partial charge in [-0.1, -0.05) is 0 Å². The molecule has 4 heteroatoms.